The molecule has 2 rings (SSSR count). The van der Waals surface area contributed by atoms with Gasteiger partial charge in [0.2, 0.25) is 0 Å². The van der Waals surface area contributed by atoms with E-state index in [-0.39, 0.29) is 5.57 Å². The summed E-state index contributed by atoms with van der Waals surface area (Å²) in [7, 11) is 0. The Bertz CT molecular complexity index is 667. The van der Waals surface area contributed by atoms with E-state index in [2.05, 4.69) is 21.2 Å². The summed E-state index contributed by atoms with van der Waals surface area (Å²) >= 11 is 3.28. The first-order valence-corrected chi connectivity index (χ1v) is 6.75. The fourth-order valence-electron chi connectivity index (χ4n) is 1.66. The van der Waals surface area contributed by atoms with Crippen LogP contribution in [0.3, 0.4) is 0 Å². The number of nitrogens with zero attached hydrogens (tertiary/aromatic N) is 1. The van der Waals surface area contributed by atoms with Crippen molar-refractivity contribution >= 4 is 33.6 Å². The normalized spacial score (nSPS) is 16.6. The molecule has 0 unspecified atom stereocenters. The summed E-state index contributed by atoms with van der Waals surface area (Å²) in [5, 5.41) is 11.8. The Morgan fingerprint density at radius 3 is 2.48 bits per heavy atom. The van der Waals surface area contributed by atoms with Crippen LogP contribution in [0.25, 0.3) is 0 Å². The van der Waals surface area contributed by atoms with Gasteiger partial charge >= 0.3 is 11.9 Å². The van der Waals surface area contributed by atoms with Gasteiger partial charge < -0.3 is 14.8 Å². The van der Waals surface area contributed by atoms with E-state index in [4.69, 9.17) is 14.7 Å². The number of hydrogen-bond donors (Lipinski definition) is 1. The van der Waals surface area contributed by atoms with E-state index < -0.39 is 17.7 Å². The lowest BCUT2D eigenvalue weighted by Gasteiger charge is -2.29. The van der Waals surface area contributed by atoms with E-state index in [1.807, 2.05) is 6.07 Å². The van der Waals surface area contributed by atoms with Crippen LogP contribution >= 0.6 is 15.9 Å². The smallest absolute Gasteiger partial charge is 0.350 e. The molecule has 1 heterocycles. The molecule has 1 N–H and O–H groups in total. The third-order valence-electron chi connectivity index (χ3n) is 2.59. The number of esters is 2. The average Bonchev–Trinajstić information content (AvgIpc) is 2.36. The van der Waals surface area contributed by atoms with Crippen molar-refractivity contribution in [2.45, 2.75) is 19.6 Å². The van der Waals surface area contributed by atoms with Crippen LogP contribution in [0.1, 0.15) is 19.4 Å². The van der Waals surface area contributed by atoms with E-state index in [0.717, 1.165) is 4.47 Å². The minimum atomic E-state index is -1.28. The number of carbonyl (C=O) groups excluding carboxylic acids is 2. The molecule has 1 aromatic carbocycles. The maximum Gasteiger partial charge on any atom is 0.350 e. The molecule has 0 radical (unpaired) electrons. The highest BCUT2D eigenvalue weighted by atomic mass is 79.9. The van der Waals surface area contributed by atoms with E-state index >= 15 is 0 Å². The lowest BCUT2D eigenvalue weighted by atomic mass is 10.2. The average molecular weight is 351 g/mol. The molecule has 1 saturated heterocycles. The zero-order valence-corrected chi connectivity index (χ0v) is 12.9. The Balaban J connectivity index is 2.26. The van der Waals surface area contributed by atoms with Crippen molar-refractivity contribution in [3.05, 3.63) is 40.0 Å². The highest BCUT2D eigenvalue weighted by Gasteiger charge is 2.38. The van der Waals surface area contributed by atoms with Gasteiger partial charge in [0.15, 0.2) is 5.57 Å². The molecule has 108 valence electrons. The van der Waals surface area contributed by atoms with Crippen LogP contribution in [0.2, 0.25) is 0 Å². The first-order chi connectivity index (χ1) is 9.82. The fraction of sp³-hybridized carbons (Fsp3) is 0.214. The molecule has 7 heteroatoms. The third kappa shape index (κ3) is 3.41. The van der Waals surface area contributed by atoms with Crippen molar-refractivity contribution in [1.29, 1.82) is 5.26 Å². The number of ether oxygens (including phenoxy) is 2. The number of rotatable bonds is 2. The molecule has 0 bridgehead atoms. The van der Waals surface area contributed by atoms with Crippen LogP contribution in [0.15, 0.2) is 34.4 Å². The Kier molecular flexibility index (Phi) is 4.00. The predicted molar refractivity (Wildman–Crippen MR) is 76.8 cm³/mol. The first-order valence-electron chi connectivity index (χ1n) is 5.95. The van der Waals surface area contributed by atoms with Crippen LogP contribution in [-0.2, 0) is 19.1 Å². The minimum absolute atomic E-state index is 0.266. The maximum atomic E-state index is 11.8. The van der Waals surface area contributed by atoms with Gasteiger partial charge in [-0.05, 0) is 18.2 Å². The molecule has 0 atom stereocenters. The van der Waals surface area contributed by atoms with Gasteiger partial charge in [-0.3, -0.25) is 0 Å². The number of nitriles is 1. The molecule has 1 fully saturated rings. The second kappa shape index (κ2) is 5.58. The van der Waals surface area contributed by atoms with E-state index in [1.54, 1.807) is 18.2 Å². The molecule has 0 aromatic heterocycles. The fourth-order valence-corrected chi connectivity index (χ4v) is 2.02. The van der Waals surface area contributed by atoms with Gasteiger partial charge in [-0.25, -0.2) is 9.59 Å². The topological polar surface area (TPSA) is 88.4 Å². The molecular formula is C14H11BrN2O4. The van der Waals surface area contributed by atoms with E-state index in [1.165, 1.54) is 20.0 Å². The third-order valence-corrected chi connectivity index (χ3v) is 3.08. The van der Waals surface area contributed by atoms with Crippen molar-refractivity contribution in [3.63, 3.8) is 0 Å². The van der Waals surface area contributed by atoms with E-state index in [9.17, 15) is 9.59 Å². The number of halogens is 1. The van der Waals surface area contributed by atoms with Crippen LogP contribution in [0.5, 0.6) is 0 Å². The van der Waals surface area contributed by atoms with Gasteiger partial charge in [-0.2, -0.15) is 5.26 Å². The van der Waals surface area contributed by atoms with Gasteiger partial charge in [0.05, 0.1) is 11.3 Å². The highest BCUT2D eigenvalue weighted by Crippen LogP contribution is 2.24. The number of benzene rings is 1. The molecular weight excluding hydrogens is 340 g/mol. The maximum absolute atomic E-state index is 11.8. The molecule has 0 saturated carbocycles. The van der Waals surface area contributed by atoms with Crippen LogP contribution in [-0.4, -0.2) is 17.7 Å². The summed E-state index contributed by atoms with van der Waals surface area (Å²) in [5.41, 5.74) is 0.552. The molecule has 1 aromatic rings. The number of cyclic esters (lactones) is 2. The summed E-state index contributed by atoms with van der Waals surface area (Å²) in [6.07, 6.45) is 1.17. The number of carbonyl (C=O) groups is 2. The Hall–Kier alpha value is -2.33. The lowest BCUT2D eigenvalue weighted by molar-refractivity contribution is -0.222. The summed E-state index contributed by atoms with van der Waals surface area (Å²) < 4.78 is 10.7. The number of nitrogens with one attached hydrogen (secondary N) is 1. The Morgan fingerprint density at radius 1 is 1.29 bits per heavy atom. The summed E-state index contributed by atoms with van der Waals surface area (Å²) in [5.74, 6) is -2.84. The zero-order valence-electron chi connectivity index (χ0n) is 11.3. The van der Waals surface area contributed by atoms with Gasteiger partial charge in [-0.1, -0.05) is 15.9 Å². The molecule has 0 amide bonds. The molecule has 1 aliphatic rings. The highest BCUT2D eigenvalue weighted by molar-refractivity contribution is 9.10. The molecule has 21 heavy (non-hydrogen) atoms. The summed E-state index contributed by atoms with van der Waals surface area (Å²) in [6.45, 7) is 2.93. The molecule has 1 aliphatic heterocycles. The molecule has 0 spiro atoms. The quantitative estimate of drug-likeness (QED) is 0.500. The van der Waals surface area contributed by atoms with E-state index in [0.29, 0.717) is 11.3 Å². The van der Waals surface area contributed by atoms with Crippen molar-refractivity contribution in [3.8, 4) is 6.07 Å². The number of hydrogen-bond acceptors (Lipinski definition) is 6. The largest absolute Gasteiger partial charge is 0.419 e. The van der Waals surface area contributed by atoms with Gasteiger partial charge in [-0.15, -0.1) is 0 Å². The SMILES string of the molecule is CC1(C)OC(=O)C(=CNc2cc(Br)ccc2C#N)C(=O)O1. The zero-order chi connectivity index (χ0) is 15.6. The Labute approximate surface area is 129 Å². The summed E-state index contributed by atoms with van der Waals surface area (Å²) in [6, 6.07) is 6.97. The van der Waals surface area contributed by atoms with Crippen LogP contribution in [0, 0.1) is 11.3 Å². The molecule has 0 aliphatic carbocycles. The van der Waals surface area contributed by atoms with Gasteiger partial charge in [0, 0.05) is 24.5 Å². The first kappa shape index (κ1) is 15.1. The second-order valence-electron chi connectivity index (χ2n) is 4.68. The second-order valence-corrected chi connectivity index (χ2v) is 5.60. The minimum Gasteiger partial charge on any atom is -0.419 e. The Morgan fingerprint density at radius 2 is 1.90 bits per heavy atom. The lowest BCUT2D eigenvalue weighted by Crippen LogP contribution is -2.42. The van der Waals surface area contributed by atoms with Crippen molar-refractivity contribution < 1.29 is 19.1 Å². The van der Waals surface area contributed by atoms with Crippen molar-refractivity contribution in [2.24, 2.45) is 0 Å². The number of anilines is 1. The van der Waals surface area contributed by atoms with Crippen molar-refractivity contribution in [2.75, 3.05) is 5.32 Å². The van der Waals surface area contributed by atoms with Gasteiger partial charge in [0.1, 0.15) is 6.07 Å². The van der Waals surface area contributed by atoms with Crippen molar-refractivity contribution in [1.82, 2.24) is 0 Å². The summed E-state index contributed by atoms with van der Waals surface area (Å²) in [4.78, 5) is 23.5. The standard InChI is InChI=1S/C14H11BrN2O4/c1-14(2)20-12(18)10(13(19)21-14)7-17-11-5-9(15)4-3-8(11)6-16/h3-5,7,17H,1-2H3. The van der Waals surface area contributed by atoms with Gasteiger partial charge in [0.25, 0.3) is 5.79 Å². The monoisotopic (exact) mass is 350 g/mol. The predicted octanol–water partition coefficient (Wildman–Crippen LogP) is 2.45. The van der Waals surface area contributed by atoms with Crippen LogP contribution < -0.4 is 5.32 Å². The van der Waals surface area contributed by atoms with Crippen LogP contribution in [0.4, 0.5) is 5.69 Å². The molecule has 6 nitrogen and oxygen atoms in total.